The maximum Gasteiger partial charge on any atom is 0.305 e. The van der Waals surface area contributed by atoms with Crippen LogP contribution in [0.2, 0.25) is 0 Å². The number of carboxylic acid groups (broad SMARTS) is 1. The van der Waals surface area contributed by atoms with Crippen LogP contribution in [0.25, 0.3) is 5.69 Å². The number of aliphatic carboxylic acids is 1. The van der Waals surface area contributed by atoms with Crippen molar-refractivity contribution in [3.8, 4) is 23.1 Å². The Morgan fingerprint density at radius 3 is 2.36 bits per heavy atom. The Labute approximate surface area is 226 Å². The van der Waals surface area contributed by atoms with Gasteiger partial charge < -0.3 is 29.7 Å². The number of halogens is 1. The van der Waals surface area contributed by atoms with Gasteiger partial charge in [0.15, 0.2) is 17.2 Å². The molecule has 2 aromatic carbocycles. The van der Waals surface area contributed by atoms with Crippen LogP contribution in [0, 0.1) is 11.2 Å². The number of methoxy groups -OCH3 is 2. The van der Waals surface area contributed by atoms with Gasteiger partial charge in [-0.05, 0) is 30.5 Å². The van der Waals surface area contributed by atoms with Crippen molar-refractivity contribution in [3.05, 3.63) is 65.6 Å². The van der Waals surface area contributed by atoms with E-state index in [0.717, 1.165) is 4.68 Å². The molecule has 3 rings (SSSR count). The van der Waals surface area contributed by atoms with E-state index in [0.29, 0.717) is 11.3 Å². The third-order valence-electron chi connectivity index (χ3n) is 6.60. The van der Waals surface area contributed by atoms with E-state index in [-0.39, 0.29) is 29.6 Å². The molecule has 210 valence electrons. The van der Waals surface area contributed by atoms with Crippen molar-refractivity contribution in [1.82, 2.24) is 15.1 Å². The minimum absolute atomic E-state index is 0.0171. The van der Waals surface area contributed by atoms with Crippen LogP contribution in [0.1, 0.15) is 56.2 Å². The number of carbonyl (C=O) groups excluding carboxylic acids is 1. The Morgan fingerprint density at radius 1 is 1.08 bits per heavy atom. The molecule has 3 N–H and O–H groups in total. The predicted octanol–water partition coefficient (Wildman–Crippen LogP) is 4.15. The monoisotopic (exact) mass is 543 g/mol. The summed E-state index contributed by atoms with van der Waals surface area (Å²) in [6, 6.07) is 11.0. The smallest absolute Gasteiger partial charge is 0.305 e. The fourth-order valence-electron chi connectivity index (χ4n) is 3.64. The maximum absolute atomic E-state index is 14.7. The molecular formula is C28H34FN3O7. The van der Waals surface area contributed by atoms with Gasteiger partial charge in [0.1, 0.15) is 23.7 Å². The number of benzene rings is 2. The van der Waals surface area contributed by atoms with Crippen LogP contribution in [-0.2, 0) is 4.79 Å². The molecule has 2 atom stereocenters. The zero-order chi connectivity index (χ0) is 29.0. The number of rotatable bonds is 11. The Bertz CT molecular complexity index is 1330. The standard InChI is InChI=1S/C28H34FN3O7/c1-27(2,3)28(4,36)16-39-23-14-20(31-32(23)21-12-8-7-11-18(21)29)26(35)30-19(15-24(33)34)17-10-9-13-22(37-5)25(17)38-6/h7-14,19,36H,15-16H2,1-6H3,(H,30,35)(H,33,34)/t19-,28-/m0/s1. The topological polar surface area (TPSA) is 132 Å². The van der Waals surface area contributed by atoms with Gasteiger partial charge in [-0.2, -0.15) is 9.78 Å². The fraction of sp³-hybridized carbons (Fsp3) is 0.393. The minimum atomic E-state index is -1.27. The normalized spacial score (nSPS) is 13.7. The lowest BCUT2D eigenvalue weighted by Crippen LogP contribution is -2.45. The lowest BCUT2D eigenvalue weighted by atomic mass is 9.78. The highest BCUT2D eigenvalue weighted by atomic mass is 19.1. The highest BCUT2D eigenvalue weighted by Gasteiger charge is 2.37. The van der Waals surface area contributed by atoms with E-state index in [9.17, 15) is 24.2 Å². The van der Waals surface area contributed by atoms with Crippen molar-refractivity contribution in [2.75, 3.05) is 20.8 Å². The second-order valence-corrected chi connectivity index (χ2v) is 10.3. The molecule has 0 radical (unpaired) electrons. The summed E-state index contributed by atoms with van der Waals surface area (Å²) in [5.74, 6) is -1.83. The number of aromatic nitrogens is 2. The summed E-state index contributed by atoms with van der Waals surface area (Å²) in [4.78, 5) is 25.0. The van der Waals surface area contributed by atoms with Gasteiger partial charge in [-0.15, -0.1) is 0 Å². The number of hydrogen-bond donors (Lipinski definition) is 3. The van der Waals surface area contributed by atoms with Crippen molar-refractivity contribution >= 4 is 11.9 Å². The van der Waals surface area contributed by atoms with E-state index in [1.54, 1.807) is 31.2 Å². The lowest BCUT2D eigenvalue weighted by molar-refractivity contribution is -0.137. The first-order valence-corrected chi connectivity index (χ1v) is 12.2. The minimum Gasteiger partial charge on any atom is -0.493 e. The summed E-state index contributed by atoms with van der Waals surface area (Å²) in [5.41, 5.74) is -1.55. The third kappa shape index (κ3) is 6.66. The number of carboxylic acids is 1. The van der Waals surface area contributed by atoms with Gasteiger partial charge in [-0.3, -0.25) is 9.59 Å². The molecule has 11 heteroatoms. The van der Waals surface area contributed by atoms with Gasteiger partial charge in [-0.1, -0.05) is 45.0 Å². The van der Waals surface area contributed by atoms with Crippen molar-refractivity contribution in [1.29, 1.82) is 0 Å². The number of aliphatic hydroxyl groups is 1. The van der Waals surface area contributed by atoms with Crippen molar-refractivity contribution < 1.29 is 38.4 Å². The van der Waals surface area contributed by atoms with E-state index >= 15 is 0 Å². The van der Waals surface area contributed by atoms with E-state index in [1.165, 1.54) is 38.5 Å². The second kappa shape index (κ2) is 11.7. The second-order valence-electron chi connectivity index (χ2n) is 10.3. The van der Waals surface area contributed by atoms with Crippen LogP contribution in [0.4, 0.5) is 4.39 Å². The molecule has 1 amide bonds. The van der Waals surface area contributed by atoms with Gasteiger partial charge in [-0.25, -0.2) is 4.39 Å². The average molecular weight is 544 g/mol. The summed E-state index contributed by atoms with van der Waals surface area (Å²) in [6.45, 7) is 6.99. The molecule has 0 aliphatic rings. The molecule has 0 spiro atoms. The Balaban J connectivity index is 2.01. The van der Waals surface area contributed by atoms with E-state index in [4.69, 9.17) is 14.2 Å². The van der Waals surface area contributed by atoms with Crippen molar-refractivity contribution in [2.24, 2.45) is 5.41 Å². The zero-order valence-electron chi connectivity index (χ0n) is 22.8. The first kappa shape index (κ1) is 29.4. The fourth-order valence-corrected chi connectivity index (χ4v) is 3.64. The van der Waals surface area contributed by atoms with Crippen LogP contribution in [0.5, 0.6) is 17.4 Å². The Morgan fingerprint density at radius 2 is 1.77 bits per heavy atom. The van der Waals surface area contributed by atoms with Gasteiger partial charge in [0, 0.05) is 11.6 Å². The van der Waals surface area contributed by atoms with Gasteiger partial charge >= 0.3 is 5.97 Å². The number of nitrogens with one attached hydrogen (secondary N) is 1. The molecular weight excluding hydrogens is 509 g/mol. The molecule has 0 bridgehead atoms. The number of para-hydroxylation sites is 2. The van der Waals surface area contributed by atoms with Gasteiger partial charge in [0.05, 0.1) is 26.7 Å². The van der Waals surface area contributed by atoms with Crippen molar-refractivity contribution in [2.45, 2.75) is 45.8 Å². The molecule has 1 heterocycles. The van der Waals surface area contributed by atoms with Crippen LogP contribution in [0.15, 0.2) is 48.5 Å². The molecule has 10 nitrogen and oxygen atoms in total. The summed E-state index contributed by atoms with van der Waals surface area (Å²) in [6.07, 6.45) is -0.457. The predicted molar refractivity (Wildman–Crippen MR) is 141 cm³/mol. The Kier molecular flexibility index (Phi) is 8.85. The zero-order valence-corrected chi connectivity index (χ0v) is 22.8. The molecule has 0 saturated heterocycles. The van der Waals surface area contributed by atoms with E-state index in [2.05, 4.69) is 10.4 Å². The summed E-state index contributed by atoms with van der Waals surface area (Å²) in [7, 11) is 2.85. The first-order chi connectivity index (χ1) is 18.3. The third-order valence-corrected chi connectivity index (χ3v) is 6.60. The SMILES string of the molecule is COc1cccc([C@H](CC(=O)O)NC(=O)c2cc(OC[C@](C)(O)C(C)(C)C)n(-c3ccccc3F)n2)c1OC. The quantitative estimate of drug-likeness (QED) is 0.329. The maximum atomic E-state index is 14.7. The van der Waals surface area contributed by atoms with Gasteiger partial charge in [0.25, 0.3) is 5.91 Å². The summed E-state index contributed by atoms with van der Waals surface area (Å²) < 4.78 is 32.4. The number of ether oxygens (including phenoxy) is 3. The lowest BCUT2D eigenvalue weighted by Gasteiger charge is -2.36. The molecule has 1 aromatic heterocycles. The summed E-state index contributed by atoms with van der Waals surface area (Å²) >= 11 is 0. The highest BCUT2D eigenvalue weighted by Crippen LogP contribution is 2.36. The Hall–Kier alpha value is -4.12. The molecule has 0 aliphatic carbocycles. The molecule has 3 aromatic rings. The number of hydrogen-bond acceptors (Lipinski definition) is 7. The van der Waals surface area contributed by atoms with Gasteiger partial charge in [0.2, 0.25) is 5.88 Å². The van der Waals surface area contributed by atoms with Crippen LogP contribution in [-0.4, -0.2) is 58.3 Å². The molecule has 0 unspecified atom stereocenters. The molecule has 0 fully saturated rings. The van der Waals surface area contributed by atoms with E-state index < -0.39 is 41.2 Å². The number of nitrogens with zero attached hydrogens (tertiary/aromatic N) is 2. The summed E-state index contributed by atoms with van der Waals surface area (Å²) in [5, 5.41) is 27.4. The molecule has 39 heavy (non-hydrogen) atoms. The van der Waals surface area contributed by atoms with Crippen molar-refractivity contribution in [3.63, 3.8) is 0 Å². The van der Waals surface area contributed by atoms with E-state index in [1.807, 2.05) is 20.8 Å². The largest absolute Gasteiger partial charge is 0.493 e. The van der Waals surface area contributed by atoms with Crippen LogP contribution in [0.3, 0.4) is 0 Å². The molecule has 0 aliphatic heterocycles. The number of carbonyl (C=O) groups is 2. The average Bonchev–Trinajstić information content (AvgIpc) is 3.30. The first-order valence-electron chi connectivity index (χ1n) is 12.2. The molecule has 0 saturated carbocycles. The van der Waals surface area contributed by atoms with Crippen LogP contribution >= 0.6 is 0 Å². The van der Waals surface area contributed by atoms with Crippen LogP contribution < -0.4 is 19.5 Å². The number of amides is 1. The highest BCUT2D eigenvalue weighted by molar-refractivity contribution is 5.93.